The number of hydrogen-bond acceptors (Lipinski definition) is 3. The van der Waals surface area contributed by atoms with Crippen LogP contribution in [0.4, 0.5) is 0 Å². The molecule has 1 heterocycles. The molecule has 0 amide bonds. The van der Waals surface area contributed by atoms with Crippen molar-refractivity contribution in [3.05, 3.63) is 65.0 Å². The molecule has 6 nitrogen and oxygen atoms in total. The van der Waals surface area contributed by atoms with E-state index in [2.05, 4.69) is 5.10 Å². The fraction of sp³-hybridized carbons (Fsp3) is 0.0625. The van der Waals surface area contributed by atoms with Gasteiger partial charge in [-0.3, -0.25) is 9.59 Å². The normalized spacial score (nSPS) is 10.2. The molecular formula is C16H14N2O4. The number of rotatable bonds is 3. The van der Waals surface area contributed by atoms with Gasteiger partial charge in [0.15, 0.2) is 0 Å². The molecule has 112 valence electrons. The number of aromatic nitrogens is 2. The summed E-state index contributed by atoms with van der Waals surface area (Å²) in [5.41, 5.74) is 1.05. The second-order valence-corrected chi connectivity index (χ2v) is 4.62. The number of carboxylic acids is 1. The Morgan fingerprint density at radius 1 is 1.00 bits per heavy atom. The van der Waals surface area contributed by atoms with Crippen LogP contribution in [0.15, 0.2) is 59.4 Å². The van der Waals surface area contributed by atoms with Crippen LogP contribution in [0.2, 0.25) is 0 Å². The van der Waals surface area contributed by atoms with Gasteiger partial charge in [0, 0.05) is 10.9 Å². The maximum absolute atomic E-state index is 12.3. The van der Waals surface area contributed by atoms with Gasteiger partial charge in [0.2, 0.25) is 0 Å². The quantitative estimate of drug-likeness (QED) is 0.787. The van der Waals surface area contributed by atoms with Gasteiger partial charge in [-0.1, -0.05) is 48.5 Å². The summed E-state index contributed by atoms with van der Waals surface area (Å²) in [6, 6.07) is 16.5. The van der Waals surface area contributed by atoms with Gasteiger partial charge in [-0.15, -0.1) is 0 Å². The lowest BCUT2D eigenvalue weighted by Crippen LogP contribution is -2.27. The minimum Gasteiger partial charge on any atom is -0.480 e. The molecule has 0 aliphatic rings. The van der Waals surface area contributed by atoms with E-state index in [9.17, 15) is 9.59 Å². The molecule has 0 aliphatic heterocycles. The standard InChI is InChI=1S/C16H12N2O3.H2O/c19-14(20)10-18-16(21)13-9-5-4-8-12(13)15(17-18)11-6-2-1-3-7-11;/h1-9H,10H2,(H,19,20);1H2. The zero-order chi connectivity index (χ0) is 14.8. The van der Waals surface area contributed by atoms with E-state index in [1.54, 1.807) is 12.1 Å². The molecule has 3 N–H and O–H groups in total. The molecule has 3 aromatic rings. The summed E-state index contributed by atoms with van der Waals surface area (Å²) in [6.45, 7) is -0.455. The summed E-state index contributed by atoms with van der Waals surface area (Å²) in [6.07, 6.45) is 0. The van der Waals surface area contributed by atoms with Crippen molar-refractivity contribution in [2.45, 2.75) is 6.54 Å². The lowest BCUT2D eigenvalue weighted by molar-refractivity contribution is -0.137. The Labute approximate surface area is 125 Å². The maximum atomic E-state index is 12.3. The molecule has 0 fully saturated rings. The first-order chi connectivity index (χ1) is 10.2. The molecule has 0 saturated carbocycles. The molecule has 0 radical (unpaired) electrons. The number of hydrogen-bond donors (Lipinski definition) is 1. The molecular weight excluding hydrogens is 284 g/mol. The predicted octanol–water partition coefficient (Wildman–Crippen LogP) is 1.32. The summed E-state index contributed by atoms with van der Waals surface area (Å²) in [7, 11) is 0. The van der Waals surface area contributed by atoms with Crippen LogP contribution in [0, 0.1) is 0 Å². The molecule has 22 heavy (non-hydrogen) atoms. The molecule has 0 aliphatic carbocycles. The van der Waals surface area contributed by atoms with E-state index in [1.807, 2.05) is 42.5 Å². The highest BCUT2D eigenvalue weighted by Crippen LogP contribution is 2.24. The number of carboxylic acid groups (broad SMARTS) is 1. The molecule has 1 aromatic heterocycles. The Kier molecular flexibility index (Phi) is 4.33. The van der Waals surface area contributed by atoms with Crippen molar-refractivity contribution in [1.29, 1.82) is 0 Å². The Morgan fingerprint density at radius 2 is 1.59 bits per heavy atom. The first kappa shape index (κ1) is 15.4. The fourth-order valence-electron chi connectivity index (χ4n) is 2.28. The van der Waals surface area contributed by atoms with Gasteiger partial charge >= 0.3 is 5.97 Å². The van der Waals surface area contributed by atoms with Crippen LogP contribution in [0.5, 0.6) is 0 Å². The van der Waals surface area contributed by atoms with E-state index in [1.165, 1.54) is 0 Å². The van der Waals surface area contributed by atoms with Gasteiger partial charge in [0.1, 0.15) is 6.54 Å². The average Bonchev–Trinajstić information content (AvgIpc) is 2.51. The van der Waals surface area contributed by atoms with Crippen molar-refractivity contribution < 1.29 is 15.4 Å². The van der Waals surface area contributed by atoms with Crippen molar-refractivity contribution in [2.75, 3.05) is 0 Å². The molecule has 0 unspecified atom stereocenters. The van der Waals surface area contributed by atoms with Crippen LogP contribution in [0.1, 0.15) is 0 Å². The number of aliphatic carboxylic acids is 1. The summed E-state index contributed by atoms with van der Waals surface area (Å²) in [4.78, 5) is 23.2. The topological polar surface area (TPSA) is 104 Å². The van der Waals surface area contributed by atoms with Crippen molar-refractivity contribution in [2.24, 2.45) is 0 Å². The van der Waals surface area contributed by atoms with E-state index in [0.29, 0.717) is 11.1 Å². The second-order valence-electron chi connectivity index (χ2n) is 4.62. The summed E-state index contributed by atoms with van der Waals surface area (Å²) in [5, 5.41) is 14.3. The third-order valence-corrected chi connectivity index (χ3v) is 3.20. The smallest absolute Gasteiger partial charge is 0.325 e. The molecule has 0 spiro atoms. The number of benzene rings is 2. The van der Waals surface area contributed by atoms with Crippen LogP contribution in [-0.2, 0) is 11.3 Å². The van der Waals surface area contributed by atoms with Crippen LogP contribution in [0.3, 0.4) is 0 Å². The van der Waals surface area contributed by atoms with Crippen molar-refractivity contribution in [3.63, 3.8) is 0 Å². The Hall–Kier alpha value is -2.99. The van der Waals surface area contributed by atoms with Gasteiger partial charge in [0.25, 0.3) is 5.56 Å². The minimum absolute atomic E-state index is 0. The van der Waals surface area contributed by atoms with Crippen LogP contribution >= 0.6 is 0 Å². The monoisotopic (exact) mass is 298 g/mol. The summed E-state index contributed by atoms with van der Waals surface area (Å²) in [5.74, 6) is -1.10. The lowest BCUT2D eigenvalue weighted by Gasteiger charge is -2.09. The largest absolute Gasteiger partial charge is 0.480 e. The molecule has 0 saturated heterocycles. The highest BCUT2D eigenvalue weighted by molar-refractivity contribution is 5.93. The molecule has 6 heteroatoms. The minimum atomic E-state index is -1.10. The first-order valence-corrected chi connectivity index (χ1v) is 6.44. The van der Waals surface area contributed by atoms with E-state index >= 15 is 0 Å². The Balaban J connectivity index is 0.00000176. The zero-order valence-electron chi connectivity index (χ0n) is 11.6. The molecule has 0 bridgehead atoms. The maximum Gasteiger partial charge on any atom is 0.325 e. The fourth-order valence-corrected chi connectivity index (χ4v) is 2.28. The second kappa shape index (κ2) is 6.19. The van der Waals surface area contributed by atoms with E-state index in [0.717, 1.165) is 15.6 Å². The third-order valence-electron chi connectivity index (χ3n) is 3.20. The Bertz CT molecular complexity index is 872. The highest BCUT2D eigenvalue weighted by atomic mass is 16.4. The van der Waals surface area contributed by atoms with E-state index < -0.39 is 18.1 Å². The molecule has 3 rings (SSSR count). The third kappa shape index (κ3) is 2.72. The van der Waals surface area contributed by atoms with Gasteiger partial charge < -0.3 is 10.6 Å². The summed E-state index contributed by atoms with van der Waals surface area (Å²) < 4.78 is 0.993. The molecule has 2 aromatic carbocycles. The zero-order valence-corrected chi connectivity index (χ0v) is 11.6. The highest BCUT2D eigenvalue weighted by Gasteiger charge is 2.13. The van der Waals surface area contributed by atoms with Gasteiger partial charge in [-0.25, -0.2) is 4.68 Å². The van der Waals surface area contributed by atoms with E-state index in [4.69, 9.17) is 5.11 Å². The molecule has 0 atom stereocenters. The number of carbonyl (C=O) groups is 1. The predicted molar refractivity (Wildman–Crippen MR) is 82.7 cm³/mol. The van der Waals surface area contributed by atoms with Crippen molar-refractivity contribution in [1.82, 2.24) is 9.78 Å². The van der Waals surface area contributed by atoms with Crippen molar-refractivity contribution in [3.8, 4) is 11.3 Å². The summed E-state index contributed by atoms with van der Waals surface area (Å²) >= 11 is 0. The van der Waals surface area contributed by atoms with Gasteiger partial charge in [-0.05, 0) is 6.07 Å². The van der Waals surface area contributed by atoms with Gasteiger partial charge in [-0.2, -0.15) is 5.10 Å². The van der Waals surface area contributed by atoms with Gasteiger partial charge in [0.05, 0.1) is 11.1 Å². The first-order valence-electron chi connectivity index (χ1n) is 6.44. The van der Waals surface area contributed by atoms with E-state index in [-0.39, 0.29) is 5.48 Å². The SMILES string of the molecule is O.O=C(O)Cn1nc(-c2ccccc2)c2ccccc2c1=O. The van der Waals surface area contributed by atoms with Crippen LogP contribution in [0.25, 0.3) is 22.0 Å². The Morgan fingerprint density at radius 3 is 2.23 bits per heavy atom. The number of nitrogens with zero attached hydrogens (tertiary/aromatic N) is 2. The lowest BCUT2D eigenvalue weighted by atomic mass is 10.1. The van der Waals surface area contributed by atoms with Crippen LogP contribution in [-0.4, -0.2) is 26.3 Å². The van der Waals surface area contributed by atoms with Crippen LogP contribution < -0.4 is 5.56 Å². The average molecular weight is 298 g/mol. The van der Waals surface area contributed by atoms with Crippen molar-refractivity contribution >= 4 is 16.7 Å². The number of fused-ring (bicyclic) bond motifs is 1.